The normalized spacial score (nSPS) is 14.7. The minimum absolute atomic E-state index is 0.599. The van der Waals surface area contributed by atoms with Gasteiger partial charge in [0.15, 0.2) is 0 Å². The lowest BCUT2D eigenvalue weighted by Crippen LogP contribution is -2.46. The molecule has 0 N–H and O–H groups in total. The van der Waals surface area contributed by atoms with E-state index in [1.807, 2.05) is 17.0 Å². The molecular formula is C33H29ClF3N3. The summed E-state index contributed by atoms with van der Waals surface area (Å²) in [5.41, 5.74) is 5.89. The van der Waals surface area contributed by atoms with Crippen LogP contribution in [0.3, 0.4) is 0 Å². The lowest BCUT2D eigenvalue weighted by molar-refractivity contribution is -0.137. The van der Waals surface area contributed by atoms with Crippen molar-refractivity contribution < 1.29 is 13.2 Å². The van der Waals surface area contributed by atoms with Crippen molar-refractivity contribution in [1.82, 2.24) is 9.47 Å². The van der Waals surface area contributed by atoms with Crippen molar-refractivity contribution in [3.63, 3.8) is 0 Å². The van der Waals surface area contributed by atoms with Gasteiger partial charge < -0.3 is 9.47 Å². The molecule has 5 aromatic rings. The maximum atomic E-state index is 13.2. The number of nitrogens with zero attached hydrogens (tertiary/aromatic N) is 3. The van der Waals surface area contributed by atoms with E-state index in [0.29, 0.717) is 18.8 Å². The molecule has 1 aromatic heterocycles. The Hall–Kier alpha value is -3.74. The first-order valence-electron chi connectivity index (χ1n) is 13.4. The monoisotopic (exact) mass is 559 g/mol. The van der Waals surface area contributed by atoms with Crippen LogP contribution in [0.2, 0.25) is 5.02 Å². The minimum Gasteiger partial charge on any atom is -0.369 e. The van der Waals surface area contributed by atoms with Crippen molar-refractivity contribution in [2.24, 2.45) is 0 Å². The molecule has 0 unspecified atom stereocenters. The van der Waals surface area contributed by atoms with Crippen LogP contribution < -0.4 is 4.90 Å². The average molecular weight is 560 g/mol. The van der Waals surface area contributed by atoms with E-state index in [9.17, 15) is 13.2 Å². The maximum absolute atomic E-state index is 13.2. The van der Waals surface area contributed by atoms with E-state index in [4.69, 9.17) is 11.6 Å². The number of alkyl halides is 3. The minimum atomic E-state index is -4.33. The fraction of sp³-hybridized carbons (Fsp3) is 0.212. The van der Waals surface area contributed by atoms with Crippen LogP contribution in [0.4, 0.5) is 18.9 Å². The van der Waals surface area contributed by atoms with Gasteiger partial charge in [0.2, 0.25) is 0 Å². The molecule has 0 amide bonds. The average Bonchev–Trinajstić information content (AvgIpc) is 3.41. The number of hydrogen-bond donors (Lipinski definition) is 0. The van der Waals surface area contributed by atoms with Gasteiger partial charge in [-0.05, 0) is 71.0 Å². The molecule has 7 heteroatoms. The molecule has 0 saturated carbocycles. The molecule has 0 bridgehead atoms. The molecule has 3 nitrogen and oxygen atoms in total. The van der Waals surface area contributed by atoms with Gasteiger partial charge >= 0.3 is 6.18 Å². The zero-order valence-electron chi connectivity index (χ0n) is 22.1. The lowest BCUT2D eigenvalue weighted by Gasteiger charge is -2.36. The van der Waals surface area contributed by atoms with E-state index >= 15 is 0 Å². The van der Waals surface area contributed by atoms with Crippen molar-refractivity contribution in [1.29, 1.82) is 0 Å². The number of piperazine rings is 1. The van der Waals surface area contributed by atoms with Crippen LogP contribution in [0, 0.1) is 6.92 Å². The third kappa shape index (κ3) is 5.34. The van der Waals surface area contributed by atoms with Crippen molar-refractivity contribution in [3.05, 3.63) is 119 Å². The molecule has 1 saturated heterocycles. The Morgan fingerprint density at radius 2 is 1.55 bits per heavy atom. The van der Waals surface area contributed by atoms with Crippen molar-refractivity contribution in [3.8, 4) is 16.8 Å². The Kier molecular flexibility index (Phi) is 7.07. The van der Waals surface area contributed by atoms with Gasteiger partial charge in [-0.1, -0.05) is 60.1 Å². The standard InChI is InChI=1S/C33H29ClF3N3/c1-23-8-13-30-29(25-9-11-27(34)12-10-25)6-3-7-31(30)32(23)40-15-14-24(22-40)21-38-16-18-39(19-17-38)28-5-2-4-26(20-28)33(35,36)37/h2-15,20,22H,16-19,21H2,1H3. The molecule has 0 radical (unpaired) electrons. The van der Waals surface area contributed by atoms with Crippen molar-refractivity contribution in [2.45, 2.75) is 19.6 Å². The highest BCUT2D eigenvalue weighted by Crippen LogP contribution is 2.35. The Bertz CT molecular complexity index is 1650. The molecular weight excluding hydrogens is 531 g/mol. The summed E-state index contributed by atoms with van der Waals surface area (Å²) < 4.78 is 41.7. The number of fused-ring (bicyclic) bond motifs is 1. The number of aryl methyl sites for hydroxylation is 1. The predicted octanol–water partition coefficient (Wildman–Crippen LogP) is 8.60. The molecule has 204 valence electrons. The Morgan fingerprint density at radius 3 is 2.30 bits per heavy atom. The van der Waals surface area contributed by atoms with Crippen LogP contribution >= 0.6 is 11.6 Å². The van der Waals surface area contributed by atoms with Gasteiger partial charge in [-0.15, -0.1) is 0 Å². The van der Waals surface area contributed by atoms with E-state index in [0.717, 1.165) is 42.0 Å². The second-order valence-electron chi connectivity index (χ2n) is 10.4. The number of hydrogen-bond acceptors (Lipinski definition) is 2. The summed E-state index contributed by atoms with van der Waals surface area (Å²) in [6.07, 6.45) is -0.0221. The summed E-state index contributed by atoms with van der Waals surface area (Å²) in [5, 5.41) is 3.09. The second kappa shape index (κ2) is 10.7. The first-order chi connectivity index (χ1) is 19.3. The third-order valence-corrected chi connectivity index (χ3v) is 7.97. The zero-order valence-corrected chi connectivity index (χ0v) is 22.9. The summed E-state index contributed by atoms with van der Waals surface area (Å²) >= 11 is 6.12. The first kappa shape index (κ1) is 26.5. The van der Waals surface area contributed by atoms with Crippen LogP contribution in [0.1, 0.15) is 16.7 Å². The lowest BCUT2D eigenvalue weighted by atomic mass is 9.96. The van der Waals surface area contributed by atoms with E-state index < -0.39 is 11.7 Å². The Balaban J connectivity index is 1.19. The number of benzene rings is 4. The summed E-state index contributed by atoms with van der Waals surface area (Å²) in [6, 6.07) is 26.5. The molecule has 0 atom stereocenters. The molecule has 6 rings (SSSR count). The fourth-order valence-corrected chi connectivity index (χ4v) is 5.78. The summed E-state index contributed by atoms with van der Waals surface area (Å²) in [7, 11) is 0. The quantitative estimate of drug-likeness (QED) is 0.214. The van der Waals surface area contributed by atoms with Gasteiger partial charge in [0.05, 0.1) is 11.3 Å². The number of halogens is 4. The number of anilines is 1. The largest absolute Gasteiger partial charge is 0.416 e. The number of rotatable bonds is 5. The molecule has 2 heterocycles. The molecule has 1 fully saturated rings. The van der Waals surface area contributed by atoms with Crippen LogP contribution in [-0.4, -0.2) is 35.6 Å². The van der Waals surface area contributed by atoms with Crippen LogP contribution in [-0.2, 0) is 12.7 Å². The van der Waals surface area contributed by atoms with Crippen LogP contribution in [0.25, 0.3) is 27.6 Å². The summed E-state index contributed by atoms with van der Waals surface area (Å²) in [6.45, 7) is 5.90. The maximum Gasteiger partial charge on any atom is 0.416 e. The van der Waals surface area contributed by atoms with Gasteiger partial charge in [-0.3, -0.25) is 4.90 Å². The van der Waals surface area contributed by atoms with E-state index in [1.54, 1.807) is 6.07 Å². The van der Waals surface area contributed by atoms with Gasteiger partial charge in [-0.2, -0.15) is 13.2 Å². The van der Waals surface area contributed by atoms with E-state index in [1.165, 1.54) is 39.6 Å². The highest BCUT2D eigenvalue weighted by Gasteiger charge is 2.31. The molecule has 40 heavy (non-hydrogen) atoms. The predicted molar refractivity (Wildman–Crippen MR) is 157 cm³/mol. The number of aromatic nitrogens is 1. The second-order valence-corrected chi connectivity index (χ2v) is 10.8. The van der Waals surface area contributed by atoms with E-state index in [2.05, 4.69) is 77.3 Å². The van der Waals surface area contributed by atoms with Gasteiger partial charge in [0.25, 0.3) is 0 Å². The van der Waals surface area contributed by atoms with E-state index in [-0.39, 0.29) is 0 Å². The zero-order chi connectivity index (χ0) is 27.9. The van der Waals surface area contributed by atoms with Gasteiger partial charge in [-0.25, -0.2) is 0 Å². The molecule has 0 aliphatic carbocycles. The molecule has 1 aliphatic heterocycles. The van der Waals surface area contributed by atoms with Crippen molar-refractivity contribution >= 4 is 28.1 Å². The van der Waals surface area contributed by atoms with Gasteiger partial charge in [0, 0.05) is 61.2 Å². The Morgan fingerprint density at radius 1 is 0.800 bits per heavy atom. The first-order valence-corrected chi connectivity index (χ1v) is 13.7. The smallest absolute Gasteiger partial charge is 0.369 e. The molecule has 1 aliphatic rings. The molecule has 4 aromatic carbocycles. The summed E-state index contributed by atoms with van der Waals surface area (Å²) in [5.74, 6) is 0. The Labute approximate surface area is 237 Å². The van der Waals surface area contributed by atoms with Gasteiger partial charge in [0.1, 0.15) is 0 Å². The highest BCUT2D eigenvalue weighted by atomic mass is 35.5. The topological polar surface area (TPSA) is 11.4 Å². The third-order valence-electron chi connectivity index (χ3n) is 7.72. The highest BCUT2D eigenvalue weighted by molar-refractivity contribution is 6.30. The van der Waals surface area contributed by atoms with Crippen LogP contribution in [0.15, 0.2) is 97.3 Å². The molecule has 0 spiro atoms. The SMILES string of the molecule is Cc1ccc2c(-c3ccc(Cl)cc3)cccc2c1-n1ccc(CN2CCN(c3cccc(C(F)(F)F)c3)CC2)c1. The van der Waals surface area contributed by atoms with Crippen molar-refractivity contribution in [2.75, 3.05) is 31.1 Å². The van der Waals surface area contributed by atoms with Crippen LogP contribution in [0.5, 0.6) is 0 Å². The summed E-state index contributed by atoms with van der Waals surface area (Å²) in [4.78, 5) is 4.40. The fourth-order valence-electron chi connectivity index (χ4n) is 5.65.